The number of halogens is 1. The van der Waals surface area contributed by atoms with E-state index in [1.807, 2.05) is 12.1 Å². The minimum absolute atomic E-state index is 0.283. The van der Waals surface area contributed by atoms with E-state index in [2.05, 4.69) is 5.32 Å². The molecule has 0 aliphatic heterocycles. The molecule has 25 heavy (non-hydrogen) atoms. The number of thiophene rings is 1. The summed E-state index contributed by atoms with van der Waals surface area (Å²) in [6, 6.07) is 7.18. The first-order valence-corrected chi connectivity index (χ1v) is 9.43. The summed E-state index contributed by atoms with van der Waals surface area (Å²) in [5, 5.41) is 4.02. The maximum atomic E-state index is 12.2. The number of carbonyl (C=O) groups is 2. The number of hydrogen-bond acceptors (Lipinski definition) is 3. The number of nitrogens with one attached hydrogen (secondary N) is 1. The Bertz CT molecular complexity index is 825. The predicted molar refractivity (Wildman–Crippen MR) is 103 cm³/mol. The Kier molecular flexibility index (Phi) is 5.56. The van der Waals surface area contributed by atoms with Gasteiger partial charge >= 0.3 is 0 Å². The van der Waals surface area contributed by atoms with E-state index >= 15 is 0 Å². The van der Waals surface area contributed by atoms with Gasteiger partial charge in [-0.3, -0.25) is 9.59 Å². The van der Waals surface area contributed by atoms with Gasteiger partial charge in [-0.2, -0.15) is 0 Å². The summed E-state index contributed by atoms with van der Waals surface area (Å²) < 4.78 is 0. The van der Waals surface area contributed by atoms with Crippen molar-refractivity contribution in [2.75, 3.05) is 5.32 Å². The predicted octanol–water partition coefficient (Wildman–Crippen LogP) is 4.42. The molecule has 6 heteroatoms. The van der Waals surface area contributed by atoms with Crippen LogP contribution in [-0.4, -0.2) is 11.8 Å². The van der Waals surface area contributed by atoms with Crippen LogP contribution in [-0.2, 0) is 17.6 Å². The Morgan fingerprint density at radius 2 is 1.84 bits per heavy atom. The van der Waals surface area contributed by atoms with Gasteiger partial charge in [0.2, 0.25) is 5.91 Å². The number of rotatable bonds is 4. The second-order valence-corrected chi connectivity index (χ2v) is 7.55. The molecule has 1 aliphatic rings. The average molecular weight is 375 g/mol. The Balaban J connectivity index is 1.79. The monoisotopic (exact) mass is 374 g/mol. The van der Waals surface area contributed by atoms with Crippen molar-refractivity contribution < 1.29 is 9.59 Å². The molecule has 4 nitrogen and oxygen atoms in total. The minimum Gasteiger partial charge on any atom is -0.365 e. The van der Waals surface area contributed by atoms with Crippen LogP contribution in [0.4, 0.5) is 5.00 Å². The Hall–Kier alpha value is -2.11. The summed E-state index contributed by atoms with van der Waals surface area (Å²) >= 11 is 7.32. The molecule has 1 aliphatic carbocycles. The van der Waals surface area contributed by atoms with Crippen molar-refractivity contribution in [2.24, 2.45) is 5.73 Å². The van der Waals surface area contributed by atoms with Gasteiger partial charge in [-0.05, 0) is 55.0 Å². The van der Waals surface area contributed by atoms with E-state index in [1.54, 1.807) is 18.2 Å². The number of benzene rings is 1. The highest BCUT2D eigenvalue weighted by molar-refractivity contribution is 7.17. The number of aryl methyl sites for hydroxylation is 1. The minimum atomic E-state index is -0.476. The van der Waals surface area contributed by atoms with E-state index in [-0.39, 0.29) is 5.91 Å². The fraction of sp³-hybridized carbons (Fsp3) is 0.263. The second kappa shape index (κ2) is 7.85. The zero-order valence-corrected chi connectivity index (χ0v) is 15.3. The molecule has 1 aromatic carbocycles. The van der Waals surface area contributed by atoms with E-state index in [9.17, 15) is 9.59 Å². The summed E-state index contributed by atoms with van der Waals surface area (Å²) in [7, 11) is 0. The van der Waals surface area contributed by atoms with Crippen molar-refractivity contribution in [1.29, 1.82) is 0 Å². The molecule has 0 saturated carbocycles. The smallest absolute Gasteiger partial charge is 0.251 e. The van der Waals surface area contributed by atoms with Gasteiger partial charge in [0.1, 0.15) is 5.00 Å². The number of anilines is 1. The van der Waals surface area contributed by atoms with Crippen LogP contribution in [0.1, 0.15) is 45.6 Å². The van der Waals surface area contributed by atoms with E-state index in [0.29, 0.717) is 15.6 Å². The van der Waals surface area contributed by atoms with Crippen LogP contribution in [0.2, 0.25) is 5.02 Å². The van der Waals surface area contributed by atoms with Gasteiger partial charge < -0.3 is 11.1 Å². The summed E-state index contributed by atoms with van der Waals surface area (Å²) in [6.07, 6.45) is 8.25. The Labute approximate surface area is 155 Å². The van der Waals surface area contributed by atoms with Crippen LogP contribution in [0.15, 0.2) is 30.3 Å². The number of nitrogens with two attached hydrogens (primary N) is 1. The lowest BCUT2D eigenvalue weighted by atomic mass is 10.1. The summed E-state index contributed by atoms with van der Waals surface area (Å²) in [6.45, 7) is 0. The van der Waals surface area contributed by atoms with Crippen LogP contribution in [0, 0.1) is 0 Å². The van der Waals surface area contributed by atoms with Crippen molar-refractivity contribution in [3.63, 3.8) is 0 Å². The van der Waals surface area contributed by atoms with E-state index < -0.39 is 5.91 Å². The molecule has 0 spiro atoms. The van der Waals surface area contributed by atoms with Crippen LogP contribution in [0.3, 0.4) is 0 Å². The Morgan fingerprint density at radius 1 is 1.12 bits per heavy atom. The lowest BCUT2D eigenvalue weighted by Gasteiger charge is -2.04. The van der Waals surface area contributed by atoms with Gasteiger partial charge in [-0.25, -0.2) is 0 Å². The summed E-state index contributed by atoms with van der Waals surface area (Å²) in [5.41, 5.74) is 7.95. The van der Waals surface area contributed by atoms with Gasteiger partial charge in [0.25, 0.3) is 5.91 Å². The number of primary amides is 1. The zero-order chi connectivity index (χ0) is 17.8. The van der Waals surface area contributed by atoms with Crippen molar-refractivity contribution >= 4 is 45.8 Å². The molecule has 3 N–H and O–H groups in total. The molecule has 0 atom stereocenters. The molecule has 2 amide bonds. The number of amides is 2. The summed E-state index contributed by atoms with van der Waals surface area (Å²) in [5.74, 6) is -0.759. The number of carbonyl (C=O) groups excluding carboxylic acids is 2. The van der Waals surface area contributed by atoms with Gasteiger partial charge in [-0.15, -0.1) is 11.3 Å². The van der Waals surface area contributed by atoms with Crippen molar-refractivity contribution in [2.45, 2.75) is 32.1 Å². The summed E-state index contributed by atoms with van der Waals surface area (Å²) in [4.78, 5) is 25.3. The Morgan fingerprint density at radius 3 is 2.56 bits per heavy atom. The average Bonchev–Trinajstić information content (AvgIpc) is 2.75. The van der Waals surface area contributed by atoms with Crippen molar-refractivity contribution in [3.8, 4) is 0 Å². The molecule has 130 valence electrons. The van der Waals surface area contributed by atoms with Crippen molar-refractivity contribution in [1.82, 2.24) is 0 Å². The zero-order valence-electron chi connectivity index (χ0n) is 13.7. The van der Waals surface area contributed by atoms with Gasteiger partial charge in [0.15, 0.2) is 0 Å². The molecule has 0 fully saturated rings. The molecule has 0 bridgehead atoms. The van der Waals surface area contributed by atoms with Crippen LogP contribution < -0.4 is 11.1 Å². The first kappa shape index (κ1) is 17.7. The highest BCUT2D eigenvalue weighted by Crippen LogP contribution is 2.37. The highest BCUT2D eigenvalue weighted by Gasteiger charge is 2.23. The standard InChI is InChI=1S/C19H19ClN2O2S/c20-13-9-6-12(7-10-13)8-11-16(23)22-19-17(18(21)24)14-4-2-1-3-5-15(14)25-19/h6-11H,1-5H2,(H2,21,24)(H,22,23). The SMILES string of the molecule is NC(=O)c1c(NC(=O)C=Cc2ccc(Cl)cc2)sc2c1CCCCC2. The third-order valence-corrected chi connectivity index (χ3v) is 5.66. The van der Waals surface area contributed by atoms with Crippen LogP contribution in [0.5, 0.6) is 0 Å². The van der Waals surface area contributed by atoms with Crippen LogP contribution in [0.25, 0.3) is 6.08 Å². The molecular weight excluding hydrogens is 356 g/mol. The fourth-order valence-corrected chi connectivity index (χ4v) is 4.41. The molecule has 0 radical (unpaired) electrons. The second-order valence-electron chi connectivity index (χ2n) is 6.01. The quantitative estimate of drug-likeness (QED) is 0.614. The fourth-order valence-electron chi connectivity index (χ4n) is 2.99. The normalized spacial score (nSPS) is 14.1. The van der Waals surface area contributed by atoms with E-state index in [4.69, 9.17) is 17.3 Å². The largest absolute Gasteiger partial charge is 0.365 e. The van der Waals surface area contributed by atoms with Crippen LogP contribution >= 0.6 is 22.9 Å². The topological polar surface area (TPSA) is 72.2 Å². The molecular formula is C19H19ClN2O2S. The third kappa shape index (κ3) is 4.30. The van der Waals surface area contributed by atoms with E-state index in [1.165, 1.54) is 22.3 Å². The van der Waals surface area contributed by atoms with Crippen molar-refractivity contribution in [3.05, 3.63) is 56.9 Å². The molecule has 0 unspecified atom stereocenters. The molecule has 3 rings (SSSR count). The lowest BCUT2D eigenvalue weighted by molar-refractivity contribution is -0.111. The molecule has 1 aromatic heterocycles. The maximum Gasteiger partial charge on any atom is 0.251 e. The van der Waals surface area contributed by atoms with Gasteiger partial charge in [0.05, 0.1) is 5.56 Å². The first-order valence-electron chi connectivity index (χ1n) is 8.23. The molecule has 0 saturated heterocycles. The lowest BCUT2D eigenvalue weighted by Crippen LogP contribution is -2.16. The molecule has 2 aromatic rings. The maximum absolute atomic E-state index is 12.2. The third-order valence-electron chi connectivity index (χ3n) is 4.20. The van der Waals surface area contributed by atoms with Gasteiger partial charge in [0, 0.05) is 16.0 Å². The number of fused-ring (bicyclic) bond motifs is 1. The highest BCUT2D eigenvalue weighted by atomic mass is 35.5. The molecule has 1 heterocycles. The first-order chi connectivity index (χ1) is 12.0. The number of hydrogen-bond donors (Lipinski definition) is 2. The van der Waals surface area contributed by atoms with Gasteiger partial charge in [-0.1, -0.05) is 30.2 Å². The van der Waals surface area contributed by atoms with E-state index in [0.717, 1.165) is 43.2 Å².